The van der Waals surface area contributed by atoms with E-state index in [-0.39, 0.29) is 6.04 Å². The van der Waals surface area contributed by atoms with Crippen molar-refractivity contribution in [3.05, 3.63) is 11.3 Å². The number of ether oxygens (including phenoxy) is 1. The van der Waals surface area contributed by atoms with Gasteiger partial charge in [0.05, 0.1) is 18.4 Å². The van der Waals surface area contributed by atoms with Gasteiger partial charge in [0.15, 0.2) is 0 Å². The van der Waals surface area contributed by atoms with Crippen LogP contribution >= 0.6 is 0 Å². The molecule has 5 nitrogen and oxygen atoms in total. The Morgan fingerprint density at radius 2 is 2.17 bits per heavy atom. The lowest BCUT2D eigenvalue weighted by Gasteiger charge is -2.34. The maximum atomic E-state index is 6.09. The minimum atomic E-state index is 0.289. The van der Waals surface area contributed by atoms with Crippen molar-refractivity contribution in [2.45, 2.75) is 32.9 Å². The Morgan fingerprint density at radius 3 is 2.78 bits per heavy atom. The molecule has 0 amide bonds. The molecule has 18 heavy (non-hydrogen) atoms. The molecule has 1 aromatic rings. The average Bonchev–Trinajstić information content (AvgIpc) is 2.52. The molecule has 2 heterocycles. The van der Waals surface area contributed by atoms with Crippen LogP contribution in [0.5, 0.6) is 5.88 Å². The van der Waals surface area contributed by atoms with Crippen molar-refractivity contribution in [1.29, 1.82) is 0 Å². The first-order valence-corrected chi connectivity index (χ1v) is 6.55. The number of aromatic nitrogens is 2. The Labute approximate surface area is 109 Å². The molecule has 5 heteroatoms. The monoisotopic (exact) mass is 252 g/mol. The Morgan fingerprint density at radius 1 is 1.44 bits per heavy atom. The second-order valence-electron chi connectivity index (χ2n) is 5.49. The Kier molecular flexibility index (Phi) is 3.92. The maximum absolute atomic E-state index is 6.09. The van der Waals surface area contributed by atoms with Crippen molar-refractivity contribution in [1.82, 2.24) is 14.7 Å². The first-order valence-electron chi connectivity index (χ1n) is 6.55. The van der Waals surface area contributed by atoms with Gasteiger partial charge in [-0.2, -0.15) is 5.10 Å². The van der Waals surface area contributed by atoms with Gasteiger partial charge in [-0.3, -0.25) is 4.90 Å². The predicted molar refractivity (Wildman–Crippen MR) is 71.5 cm³/mol. The molecule has 1 aromatic heterocycles. The van der Waals surface area contributed by atoms with E-state index in [4.69, 9.17) is 10.5 Å². The van der Waals surface area contributed by atoms with Crippen LogP contribution in [0.2, 0.25) is 0 Å². The fourth-order valence-electron chi connectivity index (χ4n) is 2.98. The lowest BCUT2D eigenvalue weighted by atomic mass is 9.96. The van der Waals surface area contributed by atoms with Crippen molar-refractivity contribution >= 4 is 0 Å². The molecule has 0 saturated carbocycles. The third-order valence-corrected chi connectivity index (χ3v) is 3.63. The quantitative estimate of drug-likeness (QED) is 0.868. The van der Waals surface area contributed by atoms with Gasteiger partial charge in [0.25, 0.3) is 0 Å². The lowest BCUT2D eigenvalue weighted by molar-refractivity contribution is 0.156. The van der Waals surface area contributed by atoms with E-state index in [0.717, 1.165) is 37.6 Å². The van der Waals surface area contributed by atoms with E-state index in [1.54, 1.807) is 11.8 Å². The van der Waals surface area contributed by atoms with E-state index in [1.165, 1.54) is 5.56 Å². The van der Waals surface area contributed by atoms with Gasteiger partial charge in [-0.25, -0.2) is 4.68 Å². The number of methoxy groups -OCH3 is 1. The van der Waals surface area contributed by atoms with Crippen LogP contribution in [0, 0.1) is 12.8 Å². The van der Waals surface area contributed by atoms with Crippen molar-refractivity contribution in [2.75, 3.05) is 20.2 Å². The second-order valence-corrected chi connectivity index (χ2v) is 5.49. The topological polar surface area (TPSA) is 56.3 Å². The maximum Gasteiger partial charge on any atom is 0.216 e. The van der Waals surface area contributed by atoms with Gasteiger partial charge in [0.2, 0.25) is 5.88 Å². The molecule has 2 atom stereocenters. The average molecular weight is 252 g/mol. The number of aryl methyl sites for hydroxylation is 2. The molecular formula is C13H24N4O. The van der Waals surface area contributed by atoms with Crippen LogP contribution < -0.4 is 10.5 Å². The minimum Gasteiger partial charge on any atom is -0.481 e. The molecule has 2 unspecified atom stereocenters. The molecule has 0 spiro atoms. The number of nitrogens with two attached hydrogens (primary N) is 1. The number of nitrogens with zero attached hydrogens (tertiary/aromatic N) is 3. The summed E-state index contributed by atoms with van der Waals surface area (Å²) in [5, 5.41) is 4.42. The highest BCUT2D eigenvalue weighted by Crippen LogP contribution is 2.25. The third-order valence-electron chi connectivity index (χ3n) is 3.63. The molecule has 1 aliphatic rings. The van der Waals surface area contributed by atoms with Gasteiger partial charge in [-0.1, -0.05) is 6.92 Å². The van der Waals surface area contributed by atoms with E-state index < -0.39 is 0 Å². The SMILES string of the molecule is COc1c(CN2CC(C)CC(N)C2)c(C)nn1C. The molecule has 0 bridgehead atoms. The van der Waals surface area contributed by atoms with Crippen LogP contribution in [0.15, 0.2) is 0 Å². The van der Waals surface area contributed by atoms with Crippen molar-refractivity contribution < 1.29 is 4.74 Å². The summed E-state index contributed by atoms with van der Waals surface area (Å²) in [6.07, 6.45) is 1.12. The third kappa shape index (κ3) is 2.67. The number of rotatable bonds is 3. The van der Waals surface area contributed by atoms with Gasteiger partial charge in [-0.05, 0) is 19.3 Å². The Hall–Kier alpha value is -1.07. The van der Waals surface area contributed by atoms with Crippen LogP contribution in [0.3, 0.4) is 0 Å². The number of hydrogen-bond donors (Lipinski definition) is 1. The first-order chi connectivity index (χ1) is 8.51. The highest BCUT2D eigenvalue weighted by molar-refractivity contribution is 5.30. The second kappa shape index (κ2) is 5.28. The predicted octanol–water partition coefficient (Wildman–Crippen LogP) is 0.906. The Balaban J connectivity index is 2.13. The molecule has 0 aromatic carbocycles. The fourth-order valence-corrected chi connectivity index (χ4v) is 2.98. The summed E-state index contributed by atoms with van der Waals surface area (Å²) in [4.78, 5) is 2.41. The summed E-state index contributed by atoms with van der Waals surface area (Å²) in [6.45, 7) is 7.23. The van der Waals surface area contributed by atoms with Gasteiger partial charge in [0, 0.05) is 32.7 Å². The van der Waals surface area contributed by atoms with Gasteiger partial charge < -0.3 is 10.5 Å². The molecular weight excluding hydrogens is 228 g/mol. The summed E-state index contributed by atoms with van der Waals surface area (Å²) in [7, 11) is 3.62. The molecule has 2 rings (SSSR count). The van der Waals surface area contributed by atoms with Crippen LogP contribution in [0.4, 0.5) is 0 Å². The van der Waals surface area contributed by atoms with Gasteiger partial charge >= 0.3 is 0 Å². The highest BCUT2D eigenvalue weighted by atomic mass is 16.5. The van der Waals surface area contributed by atoms with Crippen LogP contribution in [0.1, 0.15) is 24.6 Å². The van der Waals surface area contributed by atoms with Crippen molar-refractivity contribution in [3.63, 3.8) is 0 Å². The molecule has 0 aliphatic carbocycles. The normalized spacial score (nSPS) is 25.4. The molecule has 0 radical (unpaired) electrons. The minimum absolute atomic E-state index is 0.289. The summed E-state index contributed by atoms with van der Waals surface area (Å²) < 4.78 is 7.24. The van der Waals surface area contributed by atoms with E-state index in [0.29, 0.717) is 5.92 Å². The standard InChI is InChI=1S/C13H24N4O/c1-9-5-11(14)7-17(6-9)8-12-10(2)15-16(3)13(12)18-4/h9,11H,5-8,14H2,1-4H3. The molecule has 102 valence electrons. The lowest BCUT2D eigenvalue weighted by Crippen LogP contribution is -2.45. The van der Waals surface area contributed by atoms with Gasteiger partial charge in [-0.15, -0.1) is 0 Å². The summed E-state index contributed by atoms with van der Waals surface area (Å²) >= 11 is 0. The first kappa shape index (κ1) is 13.4. The molecule has 1 aliphatic heterocycles. The van der Waals surface area contributed by atoms with E-state index in [9.17, 15) is 0 Å². The summed E-state index contributed by atoms with van der Waals surface area (Å²) in [6, 6.07) is 0.289. The smallest absolute Gasteiger partial charge is 0.216 e. The van der Waals surface area contributed by atoms with E-state index in [1.807, 2.05) is 14.0 Å². The van der Waals surface area contributed by atoms with E-state index >= 15 is 0 Å². The number of likely N-dealkylation sites (tertiary alicyclic amines) is 1. The zero-order valence-corrected chi connectivity index (χ0v) is 11.8. The fraction of sp³-hybridized carbons (Fsp3) is 0.769. The van der Waals surface area contributed by atoms with Crippen molar-refractivity contribution in [3.8, 4) is 5.88 Å². The molecule has 1 saturated heterocycles. The largest absolute Gasteiger partial charge is 0.481 e. The highest BCUT2D eigenvalue weighted by Gasteiger charge is 2.24. The zero-order chi connectivity index (χ0) is 13.3. The Bertz CT molecular complexity index is 405. The van der Waals surface area contributed by atoms with Crippen LogP contribution in [-0.2, 0) is 13.6 Å². The van der Waals surface area contributed by atoms with Crippen LogP contribution in [0.25, 0.3) is 0 Å². The van der Waals surface area contributed by atoms with E-state index in [2.05, 4.69) is 16.9 Å². The number of hydrogen-bond acceptors (Lipinski definition) is 4. The van der Waals surface area contributed by atoms with Crippen LogP contribution in [-0.4, -0.2) is 40.9 Å². The molecule has 2 N–H and O–H groups in total. The molecule has 1 fully saturated rings. The summed E-state index contributed by atoms with van der Waals surface area (Å²) in [5.41, 5.74) is 8.31. The number of piperidine rings is 1. The zero-order valence-electron chi connectivity index (χ0n) is 11.8. The summed E-state index contributed by atoms with van der Waals surface area (Å²) in [5.74, 6) is 1.52. The van der Waals surface area contributed by atoms with Crippen molar-refractivity contribution in [2.24, 2.45) is 18.7 Å². The van der Waals surface area contributed by atoms with Gasteiger partial charge in [0.1, 0.15) is 0 Å².